The highest BCUT2D eigenvalue weighted by Gasteiger charge is 2.09. The molecule has 0 saturated heterocycles. The number of hydrogen-bond donors (Lipinski definition) is 2. The number of aliphatic hydroxyl groups is 1. The molecule has 2 N–H and O–H groups in total. The van der Waals surface area contributed by atoms with E-state index in [-0.39, 0.29) is 12.6 Å². The quantitative estimate of drug-likeness (QED) is 0.845. The second-order valence-electron chi connectivity index (χ2n) is 4.33. The standard InChI is InChI=1S/C15H18N2O/c1-12-7-8-16-9-14(12)10-17-15(11-18)13-5-3-2-4-6-13/h2-9,15,17-18H,10-11H2,1H3/t15-/m0/s1. The van der Waals surface area contributed by atoms with E-state index < -0.39 is 0 Å². The maximum Gasteiger partial charge on any atom is 0.0626 e. The zero-order valence-corrected chi connectivity index (χ0v) is 10.5. The largest absolute Gasteiger partial charge is 0.394 e. The third-order valence-electron chi connectivity index (χ3n) is 3.07. The number of benzene rings is 1. The summed E-state index contributed by atoms with van der Waals surface area (Å²) in [6.07, 6.45) is 3.65. The second-order valence-corrected chi connectivity index (χ2v) is 4.33. The smallest absolute Gasteiger partial charge is 0.0626 e. The van der Waals surface area contributed by atoms with Crippen molar-refractivity contribution in [3.8, 4) is 0 Å². The van der Waals surface area contributed by atoms with E-state index in [1.807, 2.05) is 42.6 Å². The molecule has 0 aliphatic rings. The first-order valence-corrected chi connectivity index (χ1v) is 6.10. The summed E-state index contributed by atoms with van der Waals surface area (Å²) in [7, 11) is 0. The van der Waals surface area contributed by atoms with Gasteiger partial charge >= 0.3 is 0 Å². The average Bonchev–Trinajstić information content (AvgIpc) is 2.42. The van der Waals surface area contributed by atoms with E-state index in [2.05, 4.69) is 17.2 Å². The summed E-state index contributed by atoms with van der Waals surface area (Å²) in [5.74, 6) is 0. The molecule has 3 nitrogen and oxygen atoms in total. The fourth-order valence-corrected chi connectivity index (χ4v) is 1.89. The third kappa shape index (κ3) is 3.15. The Balaban J connectivity index is 2.02. The lowest BCUT2D eigenvalue weighted by Crippen LogP contribution is -2.24. The molecule has 0 radical (unpaired) electrons. The Hall–Kier alpha value is -1.71. The lowest BCUT2D eigenvalue weighted by Gasteiger charge is -2.17. The summed E-state index contributed by atoms with van der Waals surface area (Å²) in [4.78, 5) is 4.12. The van der Waals surface area contributed by atoms with Crippen LogP contribution in [0.1, 0.15) is 22.7 Å². The van der Waals surface area contributed by atoms with Crippen LogP contribution in [-0.2, 0) is 6.54 Å². The van der Waals surface area contributed by atoms with Crippen LogP contribution in [0.3, 0.4) is 0 Å². The highest BCUT2D eigenvalue weighted by molar-refractivity contribution is 5.23. The van der Waals surface area contributed by atoms with E-state index in [1.54, 1.807) is 6.20 Å². The average molecular weight is 242 g/mol. The van der Waals surface area contributed by atoms with E-state index >= 15 is 0 Å². The predicted molar refractivity (Wildman–Crippen MR) is 72.1 cm³/mol. The first-order chi connectivity index (χ1) is 8.81. The van der Waals surface area contributed by atoms with Gasteiger partial charge in [-0.25, -0.2) is 0 Å². The number of aliphatic hydroxyl groups excluding tert-OH is 1. The minimum atomic E-state index is -0.0363. The molecule has 1 heterocycles. The lowest BCUT2D eigenvalue weighted by molar-refractivity contribution is 0.243. The summed E-state index contributed by atoms with van der Waals surface area (Å²) in [6.45, 7) is 2.86. The Morgan fingerprint density at radius 1 is 1.22 bits per heavy atom. The molecule has 3 heteroatoms. The molecule has 2 aromatic rings. The van der Waals surface area contributed by atoms with Gasteiger partial charge in [0.05, 0.1) is 12.6 Å². The van der Waals surface area contributed by atoms with Crippen LogP contribution in [0.4, 0.5) is 0 Å². The normalized spacial score (nSPS) is 12.3. The number of nitrogens with zero attached hydrogens (tertiary/aromatic N) is 1. The van der Waals surface area contributed by atoms with Crippen molar-refractivity contribution in [1.82, 2.24) is 10.3 Å². The molecule has 18 heavy (non-hydrogen) atoms. The predicted octanol–water partition coefficient (Wildman–Crippen LogP) is 2.21. The van der Waals surface area contributed by atoms with Crippen LogP contribution in [0, 0.1) is 6.92 Å². The molecule has 1 aromatic carbocycles. The summed E-state index contributed by atoms with van der Waals surface area (Å²) in [6, 6.07) is 11.9. The Labute approximate surface area is 108 Å². The van der Waals surface area contributed by atoms with Crippen LogP contribution in [0.25, 0.3) is 0 Å². The molecule has 0 saturated carbocycles. The Kier molecular flexibility index (Phi) is 4.45. The van der Waals surface area contributed by atoms with Gasteiger partial charge in [-0.1, -0.05) is 30.3 Å². The fraction of sp³-hybridized carbons (Fsp3) is 0.267. The second kappa shape index (κ2) is 6.28. The first kappa shape index (κ1) is 12.7. The van der Waals surface area contributed by atoms with Crippen LogP contribution >= 0.6 is 0 Å². The third-order valence-corrected chi connectivity index (χ3v) is 3.07. The van der Waals surface area contributed by atoms with E-state index in [9.17, 15) is 5.11 Å². The van der Waals surface area contributed by atoms with Crippen molar-refractivity contribution in [2.45, 2.75) is 19.5 Å². The number of aromatic nitrogens is 1. The van der Waals surface area contributed by atoms with Gasteiger partial charge in [0.25, 0.3) is 0 Å². The topological polar surface area (TPSA) is 45.2 Å². The first-order valence-electron chi connectivity index (χ1n) is 6.10. The molecule has 0 unspecified atom stereocenters. The SMILES string of the molecule is Cc1ccncc1CN[C@@H](CO)c1ccccc1. The zero-order valence-electron chi connectivity index (χ0n) is 10.5. The van der Waals surface area contributed by atoms with Gasteiger partial charge in [-0.05, 0) is 29.7 Å². The van der Waals surface area contributed by atoms with E-state index in [0.29, 0.717) is 6.54 Å². The highest BCUT2D eigenvalue weighted by Crippen LogP contribution is 2.13. The number of aryl methyl sites for hydroxylation is 1. The van der Waals surface area contributed by atoms with Crippen LogP contribution in [0.5, 0.6) is 0 Å². The summed E-state index contributed by atoms with van der Waals surface area (Å²) >= 11 is 0. The van der Waals surface area contributed by atoms with Crippen molar-refractivity contribution < 1.29 is 5.11 Å². The number of rotatable bonds is 5. The maximum absolute atomic E-state index is 9.45. The van der Waals surface area contributed by atoms with Crippen LogP contribution in [-0.4, -0.2) is 16.7 Å². The fourth-order valence-electron chi connectivity index (χ4n) is 1.89. The van der Waals surface area contributed by atoms with Crippen molar-refractivity contribution in [1.29, 1.82) is 0 Å². The van der Waals surface area contributed by atoms with Crippen molar-refractivity contribution in [3.63, 3.8) is 0 Å². The van der Waals surface area contributed by atoms with Gasteiger partial charge in [0.1, 0.15) is 0 Å². The summed E-state index contributed by atoms with van der Waals surface area (Å²) in [5, 5.41) is 12.8. The lowest BCUT2D eigenvalue weighted by atomic mass is 10.1. The van der Waals surface area contributed by atoms with Crippen LogP contribution in [0.2, 0.25) is 0 Å². The van der Waals surface area contributed by atoms with E-state index in [4.69, 9.17) is 0 Å². The minimum Gasteiger partial charge on any atom is -0.394 e. The molecule has 0 spiro atoms. The monoisotopic (exact) mass is 242 g/mol. The molecule has 0 fully saturated rings. The van der Waals surface area contributed by atoms with Gasteiger partial charge < -0.3 is 10.4 Å². The maximum atomic E-state index is 9.45. The van der Waals surface area contributed by atoms with Crippen molar-refractivity contribution in [3.05, 3.63) is 65.5 Å². The van der Waals surface area contributed by atoms with Crippen molar-refractivity contribution >= 4 is 0 Å². The van der Waals surface area contributed by atoms with Crippen molar-refractivity contribution in [2.24, 2.45) is 0 Å². The van der Waals surface area contributed by atoms with Gasteiger partial charge in [-0.3, -0.25) is 4.98 Å². The molecular formula is C15H18N2O. The van der Waals surface area contributed by atoms with Gasteiger partial charge in [-0.2, -0.15) is 0 Å². The van der Waals surface area contributed by atoms with Gasteiger partial charge in [0.15, 0.2) is 0 Å². The molecule has 1 aromatic heterocycles. The Morgan fingerprint density at radius 3 is 2.67 bits per heavy atom. The Morgan fingerprint density at radius 2 is 2.00 bits per heavy atom. The molecule has 0 amide bonds. The molecular weight excluding hydrogens is 224 g/mol. The number of hydrogen-bond acceptors (Lipinski definition) is 3. The summed E-state index contributed by atoms with van der Waals surface area (Å²) < 4.78 is 0. The Bertz CT molecular complexity index is 485. The van der Waals surface area contributed by atoms with Gasteiger partial charge in [-0.15, -0.1) is 0 Å². The number of nitrogens with one attached hydrogen (secondary N) is 1. The molecule has 1 atom stereocenters. The molecule has 0 bridgehead atoms. The summed E-state index contributed by atoms with van der Waals surface area (Å²) in [5.41, 5.74) is 3.47. The molecule has 2 rings (SSSR count). The van der Waals surface area contributed by atoms with Crippen molar-refractivity contribution in [2.75, 3.05) is 6.61 Å². The van der Waals surface area contributed by atoms with E-state index in [1.165, 1.54) is 5.56 Å². The van der Waals surface area contributed by atoms with Gasteiger partial charge in [0.2, 0.25) is 0 Å². The molecule has 94 valence electrons. The van der Waals surface area contributed by atoms with E-state index in [0.717, 1.165) is 11.1 Å². The van der Waals surface area contributed by atoms with Crippen LogP contribution in [0.15, 0.2) is 48.8 Å². The van der Waals surface area contributed by atoms with Gasteiger partial charge in [0, 0.05) is 18.9 Å². The minimum absolute atomic E-state index is 0.0363. The number of pyridine rings is 1. The van der Waals surface area contributed by atoms with Crippen LogP contribution < -0.4 is 5.32 Å². The highest BCUT2D eigenvalue weighted by atomic mass is 16.3. The molecule has 0 aliphatic heterocycles. The zero-order chi connectivity index (χ0) is 12.8. The molecule has 0 aliphatic carbocycles.